The minimum Gasteiger partial charge on any atom is -0.350 e. The molecule has 0 fully saturated rings. The van der Waals surface area contributed by atoms with Gasteiger partial charge in [0, 0.05) is 29.2 Å². The lowest BCUT2D eigenvalue weighted by Crippen LogP contribution is -2.25. The molecule has 110 valence electrons. The number of nitrogens with zero attached hydrogens (tertiary/aromatic N) is 1. The molecule has 0 aliphatic rings. The zero-order chi connectivity index (χ0) is 14.8. The van der Waals surface area contributed by atoms with Gasteiger partial charge in [0.05, 0.1) is 0 Å². The summed E-state index contributed by atoms with van der Waals surface area (Å²) < 4.78 is 2.18. The fourth-order valence-corrected chi connectivity index (χ4v) is 2.90. The van der Waals surface area contributed by atoms with E-state index >= 15 is 0 Å². The summed E-state index contributed by atoms with van der Waals surface area (Å²) in [6, 6.07) is 6.18. The van der Waals surface area contributed by atoms with Gasteiger partial charge < -0.3 is 9.88 Å². The van der Waals surface area contributed by atoms with Crippen LogP contribution in [0.1, 0.15) is 39.2 Å². The number of aromatic nitrogens is 1. The molecular formula is C17H25ClN2. The average Bonchev–Trinajstić information content (AvgIpc) is 2.73. The standard InChI is InChI=1S/C17H25ClN2/c1-5-9-19-10-8-17(2,3)15-12-20(4)16-11-13(18)6-7-14(15)16/h6-7,11-12,19H,5,8-10H2,1-4H3. The Morgan fingerprint density at radius 3 is 2.70 bits per heavy atom. The molecule has 0 aliphatic carbocycles. The van der Waals surface area contributed by atoms with Gasteiger partial charge in [0.15, 0.2) is 0 Å². The molecule has 0 amide bonds. The van der Waals surface area contributed by atoms with Crippen LogP contribution < -0.4 is 5.32 Å². The van der Waals surface area contributed by atoms with Gasteiger partial charge >= 0.3 is 0 Å². The summed E-state index contributed by atoms with van der Waals surface area (Å²) in [5, 5.41) is 5.61. The number of halogens is 1. The summed E-state index contributed by atoms with van der Waals surface area (Å²) >= 11 is 6.11. The van der Waals surface area contributed by atoms with E-state index in [0.717, 1.165) is 24.5 Å². The Balaban J connectivity index is 2.27. The van der Waals surface area contributed by atoms with Crippen LogP contribution in [0.15, 0.2) is 24.4 Å². The van der Waals surface area contributed by atoms with Crippen molar-refractivity contribution < 1.29 is 0 Å². The monoisotopic (exact) mass is 292 g/mol. The molecule has 2 rings (SSSR count). The first-order valence-electron chi connectivity index (χ1n) is 7.41. The van der Waals surface area contributed by atoms with Crippen molar-refractivity contribution in [1.29, 1.82) is 0 Å². The summed E-state index contributed by atoms with van der Waals surface area (Å²) in [5.74, 6) is 0. The third kappa shape index (κ3) is 3.18. The summed E-state index contributed by atoms with van der Waals surface area (Å²) in [5.41, 5.74) is 2.78. The zero-order valence-corrected chi connectivity index (χ0v) is 13.7. The van der Waals surface area contributed by atoms with Crippen LogP contribution in [0.5, 0.6) is 0 Å². The third-order valence-electron chi connectivity index (χ3n) is 4.04. The van der Waals surface area contributed by atoms with Gasteiger partial charge in [-0.05, 0) is 49.0 Å². The number of rotatable bonds is 6. The van der Waals surface area contributed by atoms with Crippen molar-refractivity contribution in [2.75, 3.05) is 13.1 Å². The maximum atomic E-state index is 6.11. The molecule has 0 spiro atoms. The Morgan fingerprint density at radius 2 is 2.00 bits per heavy atom. The smallest absolute Gasteiger partial charge is 0.0495 e. The second kappa shape index (κ2) is 6.19. The summed E-state index contributed by atoms with van der Waals surface area (Å²) in [4.78, 5) is 0. The quantitative estimate of drug-likeness (QED) is 0.776. The average molecular weight is 293 g/mol. The highest BCUT2D eigenvalue weighted by Crippen LogP contribution is 2.34. The molecule has 2 nitrogen and oxygen atoms in total. The van der Waals surface area contributed by atoms with E-state index < -0.39 is 0 Å². The molecule has 0 saturated carbocycles. The van der Waals surface area contributed by atoms with Crippen molar-refractivity contribution in [3.63, 3.8) is 0 Å². The van der Waals surface area contributed by atoms with E-state index in [0.29, 0.717) is 0 Å². The van der Waals surface area contributed by atoms with Gasteiger partial charge in [0.25, 0.3) is 0 Å². The minimum absolute atomic E-state index is 0.161. The fourth-order valence-electron chi connectivity index (χ4n) is 2.73. The van der Waals surface area contributed by atoms with Crippen LogP contribution in [0.25, 0.3) is 10.9 Å². The van der Waals surface area contributed by atoms with Crippen LogP contribution in [-0.4, -0.2) is 17.7 Å². The Bertz CT molecular complexity index is 584. The number of hydrogen-bond donors (Lipinski definition) is 1. The first-order chi connectivity index (χ1) is 9.45. The lowest BCUT2D eigenvalue weighted by atomic mass is 9.81. The van der Waals surface area contributed by atoms with E-state index in [2.05, 4.69) is 50.0 Å². The van der Waals surface area contributed by atoms with Crippen molar-refractivity contribution in [2.45, 2.75) is 39.0 Å². The number of nitrogens with one attached hydrogen (secondary N) is 1. The van der Waals surface area contributed by atoms with Crippen LogP contribution in [0, 0.1) is 0 Å². The Kier molecular flexibility index (Phi) is 4.77. The molecule has 0 unspecified atom stereocenters. The highest BCUT2D eigenvalue weighted by Gasteiger charge is 2.24. The number of fused-ring (bicyclic) bond motifs is 1. The molecule has 1 aromatic heterocycles. The van der Waals surface area contributed by atoms with E-state index in [-0.39, 0.29) is 5.41 Å². The molecule has 2 aromatic rings. The zero-order valence-electron chi connectivity index (χ0n) is 13.0. The first-order valence-corrected chi connectivity index (χ1v) is 7.79. The van der Waals surface area contributed by atoms with E-state index in [1.807, 2.05) is 12.1 Å². The van der Waals surface area contributed by atoms with Crippen molar-refractivity contribution in [2.24, 2.45) is 7.05 Å². The van der Waals surface area contributed by atoms with Crippen LogP contribution in [0.4, 0.5) is 0 Å². The van der Waals surface area contributed by atoms with E-state index in [1.54, 1.807) is 0 Å². The Morgan fingerprint density at radius 1 is 1.25 bits per heavy atom. The van der Waals surface area contributed by atoms with Gasteiger partial charge in [-0.1, -0.05) is 38.4 Å². The van der Waals surface area contributed by atoms with E-state index in [1.165, 1.54) is 22.9 Å². The van der Waals surface area contributed by atoms with E-state index in [9.17, 15) is 0 Å². The van der Waals surface area contributed by atoms with Crippen LogP contribution >= 0.6 is 11.6 Å². The predicted octanol–water partition coefficient (Wildman–Crippen LogP) is 4.50. The number of hydrogen-bond acceptors (Lipinski definition) is 1. The third-order valence-corrected chi connectivity index (χ3v) is 4.27. The molecule has 1 N–H and O–H groups in total. The maximum Gasteiger partial charge on any atom is 0.0495 e. The normalized spacial score (nSPS) is 12.2. The van der Waals surface area contributed by atoms with Crippen LogP contribution in [0.2, 0.25) is 5.02 Å². The van der Waals surface area contributed by atoms with Crippen molar-refractivity contribution in [1.82, 2.24) is 9.88 Å². The summed E-state index contributed by atoms with van der Waals surface area (Å²) in [6.45, 7) is 9.01. The second-order valence-electron chi connectivity index (χ2n) is 6.20. The highest BCUT2D eigenvalue weighted by atomic mass is 35.5. The molecular weight excluding hydrogens is 268 g/mol. The number of benzene rings is 1. The van der Waals surface area contributed by atoms with Crippen LogP contribution in [0.3, 0.4) is 0 Å². The first kappa shape index (κ1) is 15.4. The van der Waals surface area contributed by atoms with Gasteiger partial charge in [0.1, 0.15) is 0 Å². The van der Waals surface area contributed by atoms with Gasteiger partial charge in [-0.25, -0.2) is 0 Å². The summed E-state index contributed by atoms with van der Waals surface area (Å²) in [6.07, 6.45) is 4.57. The Labute approximate surface area is 127 Å². The lowest BCUT2D eigenvalue weighted by molar-refractivity contribution is 0.459. The molecule has 0 bridgehead atoms. The largest absolute Gasteiger partial charge is 0.350 e. The molecule has 3 heteroatoms. The predicted molar refractivity (Wildman–Crippen MR) is 88.7 cm³/mol. The van der Waals surface area contributed by atoms with Gasteiger partial charge in [-0.2, -0.15) is 0 Å². The van der Waals surface area contributed by atoms with Crippen molar-refractivity contribution in [3.8, 4) is 0 Å². The molecule has 1 heterocycles. The molecule has 0 atom stereocenters. The van der Waals surface area contributed by atoms with Gasteiger partial charge in [0.2, 0.25) is 0 Å². The Hall–Kier alpha value is -0.990. The number of aryl methyl sites for hydroxylation is 1. The highest BCUT2D eigenvalue weighted by molar-refractivity contribution is 6.31. The molecule has 0 radical (unpaired) electrons. The van der Waals surface area contributed by atoms with Crippen molar-refractivity contribution in [3.05, 3.63) is 35.0 Å². The van der Waals surface area contributed by atoms with E-state index in [4.69, 9.17) is 11.6 Å². The molecule has 0 saturated heterocycles. The van der Waals surface area contributed by atoms with Gasteiger partial charge in [-0.15, -0.1) is 0 Å². The summed E-state index contributed by atoms with van der Waals surface area (Å²) in [7, 11) is 2.09. The molecule has 20 heavy (non-hydrogen) atoms. The molecule has 1 aromatic carbocycles. The topological polar surface area (TPSA) is 17.0 Å². The van der Waals surface area contributed by atoms with Crippen molar-refractivity contribution >= 4 is 22.5 Å². The molecule has 0 aliphatic heterocycles. The second-order valence-corrected chi connectivity index (χ2v) is 6.64. The minimum atomic E-state index is 0.161. The fraction of sp³-hybridized carbons (Fsp3) is 0.529. The van der Waals surface area contributed by atoms with Crippen LogP contribution in [-0.2, 0) is 12.5 Å². The lowest BCUT2D eigenvalue weighted by Gasteiger charge is -2.24. The maximum absolute atomic E-state index is 6.11. The SMILES string of the molecule is CCCNCCC(C)(C)c1cn(C)c2cc(Cl)ccc12. The van der Waals surface area contributed by atoms with Gasteiger partial charge in [-0.3, -0.25) is 0 Å².